The predicted molar refractivity (Wildman–Crippen MR) is 123 cm³/mol. The van der Waals surface area contributed by atoms with Crippen LogP contribution < -0.4 is 5.32 Å². The van der Waals surface area contributed by atoms with Crippen molar-refractivity contribution in [2.45, 2.75) is 51.6 Å². The Morgan fingerprint density at radius 1 is 1.10 bits per heavy atom. The van der Waals surface area contributed by atoms with Gasteiger partial charge in [0.2, 0.25) is 0 Å². The highest BCUT2D eigenvalue weighted by molar-refractivity contribution is 5.94. The molecule has 2 aromatic carbocycles. The van der Waals surface area contributed by atoms with Crippen molar-refractivity contribution in [3.05, 3.63) is 82.7 Å². The maximum Gasteiger partial charge on any atom is 0.272 e. The minimum absolute atomic E-state index is 0.0234. The van der Waals surface area contributed by atoms with Gasteiger partial charge in [-0.2, -0.15) is 5.10 Å². The second-order valence-electron chi connectivity index (χ2n) is 8.87. The van der Waals surface area contributed by atoms with Crippen molar-refractivity contribution in [3.63, 3.8) is 0 Å². The topological polar surface area (TPSA) is 50.2 Å². The standard InChI is InChI=1S/C26H30N4O/c1-18-9-6-7-13-23(18)30-24-14-8-12-22(24)25(28-30)26(31)27-21-15-16-29(17-21)19(2)20-10-4-3-5-11-20/h3-7,9-11,13,19,21H,8,12,14-17H2,1-2H3,(H,27,31). The monoisotopic (exact) mass is 414 g/mol. The Bertz CT molecular complexity index is 1090. The Balaban J connectivity index is 1.32. The van der Waals surface area contributed by atoms with E-state index in [-0.39, 0.29) is 11.9 Å². The largest absolute Gasteiger partial charge is 0.347 e. The highest BCUT2D eigenvalue weighted by atomic mass is 16.2. The molecule has 0 spiro atoms. The summed E-state index contributed by atoms with van der Waals surface area (Å²) in [4.78, 5) is 15.7. The molecule has 2 unspecified atom stereocenters. The Labute approximate surface area is 184 Å². The van der Waals surface area contributed by atoms with Crippen LogP contribution >= 0.6 is 0 Å². The molecule has 1 aliphatic carbocycles. The van der Waals surface area contributed by atoms with Crippen LogP contribution in [0.4, 0.5) is 0 Å². The van der Waals surface area contributed by atoms with Gasteiger partial charge in [0.05, 0.1) is 5.69 Å². The smallest absolute Gasteiger partial charge is 0.272 e. The third-order valence-corrected chi connectivity index (χ3v) is 6.87. The van der Waals surface area contributed by atoms with E-state index < -0.39 is 0 Å². The molecule has 31 heavy (non-hydrogen) atoms. The number of fused-ring (bicyclic) bond motifs is 1. The molecular weight excluding hydrogens is 384 g/mol. The molecule has 5 nitrogen and oxygen atoms in total. The molecule has 2 aliphatic rings. The van der Waals surface area contributed by atoms with E-state index in [1.165, 1.54) is 16.8 Å². The fourth-order valence-electron chi connectivity index (χ4n) is 5.07. The van der Waals surface area contributed by atoms with Crippen molar-refractivity contribution < 1.29 is 4.79 Å². The number of carbonyl (C=O) groups is 1. The first-order chi connectivity index (χ1) is 15.1. The summed E-state index contributed by atoms with van der Waals surface area (Å²) in [7, 11) is 0. The van der Waals surface area contributed by atoms with Crippen molar-refractivity contribution in [3.8, 4) is 5.69 Å². The Morgan fingerprint density at radius 3 is 2.68 bits per heavy atom. The zero-order valence-corrected chi connectivity index (χ0v) is 18.3. The molecule has 1 aromatic heterocycles. The van der Waals surface area contributed by atoms with Crippen LogP contribution in [0.5, 0.6) is 0 Å². The fraction of sp³-hybridized carbons (Fsp3) is 0.385. The molecule has 1 amide bonds. The molecule has 1 N–H and O–H groups in total. The number of carbonyl (C=O) groups excluding carboxylic acids is 1. The number of aromatic nitrogens is 2. The number of amides is 1. The number of hydrogen-bond donors (Lipinski definition) is 1. The maximum atomic E-state index is 13.2. The SMILES string of the molecule is Cc1ccccc1-n1nc(C(=O)NC2CCN(C(C)c3ccccc3)C2)c2c1CCC2. The summed E-state index contributed by atoms with van der Waals surface area (Å²) in [6.45, 7) is 6.22. The summed E-state index contributed by atoms with van der Waals surface area (Å²) in [6, 6.07) is 19.4. The lowest BCUT2D eigenvalue weighted by molar-refractivity contribution is 0.0930. The lowest BCUT2D eigenvalue weighted by atomic mass is 10.1. The molecule has 1 fully saturated rings. The lowest BCUT2D eigenvalue weighted by Crippen LogP contribution is -2.38. The predicted octanol–water partition coefficient (Wildman–Crippen LogP) is 4.23. The van der Waals surface area contributed by atoms with Gasteiger partial charge in [-0.25, -0.2) is 4.68 Å². The lowest BCUT2D eigenvalue weighted by Gasteiger charge is -2.24. The molecule has 1 aliphatic heterocycles. The molecular formula is C26H30N4O. The van der Waals surface area contributed by atoms with E-state index in [2.05, 4.69) is 66.5 Å². The third-order valence-electron chi connectivity index (χ3n) is 6.87. The summed E-state index contributed by atoms with van der Waals surface area (Å²) >= 11 is 0. The van der Waals surface area contributed by atoms with Gasteiger partial charge in [-0.15, -0.1) is 0 Å². The molecule has 2 atom stereocenters. The minimum atomic E-state index is -0.0234. The number of likely N-dealkylation sites (tertiary alicyclic amines) is 1. The highest BCUT2D eigenvalue weighted by Gasteiger charge is 2.31. The van der Waals surface area contributed by atoms with E-state index >= 15 is 0 Å². The van der Waals surface area contributed by atoms with E-state index in [4.69, 9.17) is 5.10 Å². The molecule has 0 bridgehead atoms. The van der Waals surface area contributed by atoms with Gasteiger partial charge in [-0.1, -0.05) is 48.5 Å². The first kappa shape index (κ1) is 20.0. The minimum Gasteiger partial charge on any atom is -0.347 e. The molecule has 2 heterocycles. The van der Waals surface area contributed by atoms with Crippen molar-refractivity contribution in [1.82, 2.24) is 20.0 Å². The number of para-hydroxylation sites is 1. The van der Waals surface area contributed by atoms with Crippen LogP contribution in [0.15, 0.2) is 54.6 Å². The highest BCUT2D eigenvalue weighted by Crippen LogP contribution is 2.29. The number of hydrogen-bond acceptors (Lipinski definition) is 3. The van der Waals surface area contributed by atoms with Gasteiger partial charge in [0.1, 0.15) is 0 Å². The van der Waals surface area contributed by atoms with E-state index in [0.717, 1.165) is 50.0 Å². The average Bonchev–Trinajstić information content (AvgIpc) is 3.51. The number of benzene rings is 2. The van der Waals surface area contributed by atoms with Crippen LogP contribution in [-0.4, -0.2) is 39.7 Å². The summed E-state index contributed by atoms with van der Waals surface area (Å²) in [6.07, 6.45) is 3.98. The zero-order chi connectivity index (χ0) is 21.4. The van der Waals surface area contributed by atoms with Gasteiger partial charge in [-0.05, 0) is 56.7 Å². The van der Waals surface area contributed by atoms with Gasteiger partial charge in [0, 0.05) is 36.4 Å². The fourth-order valence-corrected chi connectivity index (χ4v) is 5.07. The molecule has 160 valence electrons. The summed E-state index contributed by atoms with van der Waals surface area (Å²) in [5.74, 6) is -0.0234. The molecule has 1 saturated heterocycles. The Morgan fingerprint density at radius 2 is 1.87 bits per heavy atom. The van der Waals surface area contributed by atoms with Crippen LogP contribution in [-0.2, 0) is 12.8 Å². The van der Waals surface area contributed by atoms with Crippen molar-refractivity contribution in [2.24, 2.45) is 0 Å². The molecule has 5 heteroatoms. The van der Waals surface area contributed by atoms with Crippen LogP contribution in [0.1, 0.15) is 58.7 Å². The molecule has 5 rings (SSSR count). The van der Waals surface area contributed by atoms with Gasteiger partial charge >= 0.3 is 0 Å². The second kappa shape index (κ2) is 8.31. The molecule has 0 radical (unpaired) electrons. The summed E-state index contributed by atoms with van der Waals surface area (Å²) in [5.41, 5.74) is 6.52. The Kier molecular flexibility index (Phi) is 5.36. The number of nitrogens with zero attached hydrogens (tertiary/aromatic N) is 3. The zero-order valence-electron chi connectivity index (χ0n) is 18.3. The molecule has 3 aromatic rings. The van der Waals surface area contributed by atoms with Crippen molar-refractivity contribution in [2.75, 3.05) is 13.1 Å². The summed E-state index contributed by atoms with van der Waals surface area (Å²) < 4.78 is 2.00. The van der Waals surface area contributed by atoms with Crippen molar-refractivity contribution in [1.29, 1.82) is 0 Å². The summed E-state index contributed by atoms with van der Waals surface area (Å²) in [5, 5.41) is 8.08. The van der Waals surface area contributed by atoms with Crippen LogP contribution in [0, 0.1) is 6.92 Å². The average molecular weight is 415 g/mol. The van der Waals surface area contributed by atoms with Gasteiger partial charge in [0.15, 0.2) is 5.69 Å². The van der Waals surface area contributed by atoms with E-state index in [9.17, 15) is 4.79 Å². The van der Waals surface area contributed by atoms with Crippen LogP contribution in [0.25, 0.3) is 5.69 Å². The number of aryl methyl sites for hydroxylation is 1. The van der Waals surface area contributed by atoms with Gasteiger partial charge in [-0.3, -0.25) is 9.69 Å². The van der Waals surface area contributed by atoms with Gasteiger partial charge < -0.3 is 5.32 Å². The second-order valence-corrected chi connectivity index (χ2v) is 8.87. The van der Waals surface area contributed by atoms with Crippen LogP contribution in [0.3, 0.4) is 0 Å². The maximum absolute atomic E-state index is 13.2. The first-order valence-corrected chi connectivity index (χ1v) is 11.4. The quantitative estimate of drug-likeness (QED) is 0.680. The van der Waals surface area contributed by atoms with Crippen LogP contribution in [0.2, 0.25) is 0 Å². The van der Waals surface area contributed by atoms with Gasteiger partial charge in [0.25, 0.3) is 5.91 Å². The molecule has 0 saturated carbocycles. The number of nitrogens with one attached hydrogen (secondary N) is 1. The van der Waals surface area contributed by atoms with E-state index in [1.54, 1.807) is 0 Å². The first-order valence-electron chi connectivity index (χ1n) is 11.4. The van der Waals surface area contributed by atoms with Crippen molar-refractivity contribution >= 4 is 5.91 Å². The van der Waals surface area contributed by atoms with E-state index in [0.29, 0.717) is 11.7 Å². The van der Waals surface area contributed by atoms with E-state index in [1.807, 2.05) is 16.8 Å². The normalized spacial score (nSPS) is 19.4. The number of rotatable bonds is 5. The Hall–Kier alpha value is -2.92. The third kappa shape index (κ3) is 3.79.